The SMILES string of the molecule is CC(C)N(CC(=O)N(Cc1ccc2c(c1)OCO2)Cc1ccco1)C(=O)[C@@H]1C[C@H]1c1ccccc1. The molecule has 182 valence electrons. The van der Waals surface area contributed by atoms with Gasteiger partial charge >= 0.3 is 0 Å². The first-order chi connectivity index (χ1) is 17.0. The van der Waals surface area contributed by atoms with Gasteiger partial charge in [0.15, 0.2) is 11.5 Å². The van der Waals surface area contributed by atoms with E-state index in [9.17, 15) is 9.59 Å². The summed E-state index contributed by atoms with van der Waals surface area (Å²) in [5.41, 5.74) is 2.10. The van der Waals surface area contributed by atoms with Crippen LogP contribution in [0.15, 0.2) is 71.3 Å². The van der Waals surface area contributed by atoms with Crippen LogP contribution >= 0.6 is 0 Å². The molecule has 0 unspecified atom stereocenters. The highest BCUT2D eigenvalue weighted by molar-refractivity contribution is 5.88. The van der Waals surface area contributed by atoms with Crippen LogP contribution < -0.4 is 9.47 Å². The molecule has 7 nitrogen and oxygen atoms in total. The Balaban J connectivity index is 1.30. The number of carbonyl (C=O) groups is 2. The van der Waals surface area contributed by atoms with Gasteiger partial charge in [-0.05, 0) is 61.6 Å². The van der Waals surface area contributed by atoms with Crippen LogP contribution in [0.4, 0.5) is 0 Å². The molecule has 1 aliphatic heterocycles. The van der Waals surface area contributed by atoms with Gasteiger partial charge in [-0.3, -0.25) is 9.59 Å². The molecule has 0 bridgehead atoms. The molecule has 2 aromatic carbocycles. The highest BCUT2D eigenvalue weighted by atomic mass is 16.7. The number of fused-ring (bicyclic) bond motifs is 1. The molecule has 1 aromatic heterocycles. The molecule has 2 amide bonds. The molecule has 0 radical (unpaired) electrons. The molecule has 3 aromatic rings. The van der Waals surface area contributed by atoms with E-state index in [4.69, 9.17) is 13.9 Å². The maximum absolute atomic E-state index is 13.6. The van der Waals surface area contributed by atoms with E-state index >= 15 is 0 Å². The third kappa shape index (κ3) is 5.19. The minimum Gasteiger partial charge on any atom is -0.467 e. The van der Waals surface area contributed by atoms with Crippen molar-refractivity contribution in [1.29, 1.82) is 0 Å². The average molecular weight is 475 g/mol. The van der Waals surface area contributed by atoms with Crippen molar-refractivity contribution in [3.63, 3.8) is 0 Å². The second-order valence-corrected chi connectivity index (χ2v) is 9.44. The predicted octanol–water partition coefficient (Wildman–Crippen LogP) is 4.58. The fourth-order valence-corrected chi connectivity index (χ4v) is 4.59. The maximum atomic E-state index is 13.6. The van der Waals surface area contributed by atoms with Crippen molar-refractivity contribution in [2.75, 3.05) is 13.3 Å². The van der Waals surface area contributed by atoms with Crippen molar-refractivity contribution in [2.24, 2.45) is 5.92 Å². The lowest BCUT2D eigenvalue weighted by Crippen LogP contribution is -2.46. The second-order valence-electron chi connectivity index (χ2n) is 9.44. The summed E-state index contributed by atoms with van der Waals surface area (Å²) in [6.45, 7) is 4.83. The molecule has 7 heteroatoms. The molecule has 2 heterocycles. The van der Waals surface area contributed by atoms with Gasteiger partial charge in [-0.15, -0.1) is 0 Å². The Labute approximate surface area is 205 Å². The van der Waals surface area contributed by atoms with Crippen molar-refractivity contribution in [2.45, 2.75) is 45.3 Å². The summed E-state index contributed by atoms with van der Waals surface area (Å²) in [6.07, 6.45) is 2.42. The van der Waals surface area contributed by atoms with Gasteiger partial charge in [-0.2, -0.15) is 0 Å². The molecule has 1 saturated carbocycles. The number of rotatable bonds is 9. The summed E-state index contributed by atoms with van der Waals surface area (Å²) < 4.78 is 16.4. The molecular weight excluding hydrogens is 444 g/mol. The fraction of sp³-hybridized carbons (Fsp3) is 0.357. The zero-order valence-electron chi connectivity index (χ0n) is 20.1. The van der Waals surface area contributed by atoms with E-state index in [1.165, 1.54) is 5.56 Å². The smallest absolute Gasteiger partial charge is 0.242 e. The van der Waals surface area contributed by atoms with Gasteiger partial charge in [-0.25, -0.2) is 0 Å². The van der Waals surface area contributed by atoms with Crippen molar-refractivity contribution in [3.05, 3.63) is 83.8 Å². The molecule has 0 saturated heterocycles. The first kappa shape index (κ1) is 23.0. The highest BCUT2D eigenvalue weighted by Gasteiger charge is 2.46. The molecule has 35 heavy (non-hydrogen) atoms. The van der Waals surface area contributed by atoms with Crippen LogP contribution in [-0.4, -0.2) is 41.0 Å². The van der Waals surface area contributed by atoms with Crippen LogP contribution in [0.25, 0.3) is 0 Å². The Hall–Kier alpha value is -3.74. The lowest BCUT2D eigenvalue weighted by molar-refractivity contribution is -0.143. The summed E-state index contributed by atoms with van der Waals surface area (Å²) in [5.74, 6) is 2.14. The monoisotopic (exact) mass is 474 g/mol. The fourth-order valence-electron chi connectivity index (χ4n) is 4.59. The minimum atomic E-state index is -0.127. The minimum absolute atomic E-state index is 0.0275. The average Bonchev–Trinajstić information content (AvgIpc) is 3.23. The zero-order valence-corrected chi connectivity index (χ0v) is 20.1. The zero-order chi connectivity index (χ0) is 24.4. The third-order valence-corrected chi connectivity index (χ3v) is 6.64. The molecule has 1 aliphatic carbocycles. The lowest BCUT2D eigenvalue weighted by Gasteiger charge is -2.30. The summed E-state index contributed by atoms with van der Waals surface area (Å²) in [6, 6.07) is 19.4. The second kappa shape index (κ2) is 9.86. The van der Waals surface area contributed by atoms with Crippen LogP contribution in [-0.2, 0) is 22.7 Å². The van der Waals surface area contributed by atoms with Crippen molar-refractivity contribution in [1.82, 2.24) is 9.80 Å². The topological polar surface area (TPSA) is 72.2 Å². The number of carbonyl (C=O) groups excluding carboxylic acids is 2. The molecule has 5 rings (SSSR count). The van der Waals surface area contributed by atoms with Gasteiger partial charge in [0.25, 0.3) is 0 Å². The summed E-state index contributed by atoms with van der Waals surface area (Å²) in [5, 5.41) is 0. The van der Waals surface area contributed by atoms with Gasteiger partial charge in [0.1, 0.15) is 12.3 Å². The first-order valence-corrected chi connectivity index (χ1v) is 12.0. The Kier molecular flexibility index (Phi) is 6.49. The number of benzene rings is 2. The third-order valence-electron chi connectivity index (χ3n) is 6.64. The number of hydrogen-bond donors (Lipinski definition) is 0. The van der Waals surface area contributed by atoms with Gasteiger partial charge in [0, 0.05) is 18.5 Å². The number of hydrogen-bond acceptors (Lipinski definition) is 5. The van der Waals surface area contributed by atoms with Gasteiger partial charge < -0.3 is 23.7 Å². The Bertz CT molecular complexity index is 1180. The normalized spacial score (nSPS) is 17.9. The van der Waals surface area contributed by atoms with E-state index in [1.807, 2.05) is 56.3 Å². The van der Waals surface area contributed by atoms with Gasteiger partial charge in [-0.1, -0.05) is 36.4 Å². The first-order valence-electron chi connectivity index (χ1n) is 12.0. The molecule has 2 aliphatic rings. The van der Waals surface area contributed by atoms with Crippen molar-refractivity contribution >= 4 is 11.8 Å². The lowest BCUT2D eigenvalue weighted by atomic mass is 10.1. The van der Waals surface area contributed by atoms with Gasteiger partial charge in [0.05, 0.1) is 12.8 Å². The molecule has 0 spiro atoms. The van der Waals surface area contributed by atoms with E-state index in [0.717, 1.165) is 12.0 Å². The predicted molar refractivity (Wildman–Crippen MR) is 130 cm³/mol. The Morgan fingerprint density at radius 1 is 0.971 bits per heavy atom. The van der Waals surface area contributed by atoms with E-state index in [2.05, 4.69) is 12.1 Å². The molecule has 0 N–H and O–H groups in total. The Morgan fingerprint density at radius 2 is 1.77 bits per heavy atom. The quantitative estimate of drug-likeness (QED) is 0.454. The number of amides is 2. The largest absolute Gasteiger partial charge is 0.467 e. The number of nitrogens with zero attached hydrogens (tertiary/aromatic N) is 2. The van der Waals surface area contributed by atoms with E-state index in [1.54, 1.807) is 22.1 Å². The van der Waals surface area contributed by atoms with Crippen LogP contribution in [0, 0.1) is 5.92 Å². The standard InChI is InChI=1S/C28H30N2O5/c1-19(2)30(28(32)24-14-23(24)21-7-4-3-5-8-21)17-27(31)29(16-22-9-6-12-33-22)15-20-10-11-25-26(13-20)35-18-34-25/h3-13,19,23-24H,14-18H2,1-2H3/t23-,24+/m0/s1. The van der Waals surface area contributed by atoms with E-state index in [-0.39, 0.29) is 43.0 Å². The van der Waals surface area contributed by atoms with Crippen LogP contribution in [0.1, 0.15) is 43.1 Å². The summed E-state index contributed by atoms with van der Waals surface area (Å²) in [4.78, 5) is 30.4. The van der Waals surface area contributed by atoms with Crippen LogP contribution in [0.3, 0.4) is 0 Å². The van der Waals surface area contributed by atoms with Crippen molar-refractivity contribution < 1.29 is 23.5 Å². The molecule has 1 fully saturated rings. The Morgan fingerprint density at radius 3 is 2.51 bits per heavy atom. The number of ether oxygens (including phenoxy) is 2. The molecule has 2 atom stereocenters. The van der Waals surface area contributed by atoms with Crippen LogP contribution in [0.5, 0.6) is 11.5 Å². The van der Waals surface area contributed by atoms with E-state index < -0.39 is 0 Å². The van der Waals surface area contributed by atoms with Crippen LogP contribution in [0.2, 0.25) is 0 Å². The summed E-state index contributed by atoms with van der Waals surface area (Å²) in [7, 11) is 0. The molecular formula is C28H30N2O5. The van der Waals surface area contributed by atoms with Gasteiger partial charge in [0.2, 0.25) is 18.6 Å². The highest BCUT2D eigenvalue weighted by Crippen LogP contribution is 2.48. The maximum Gasteiger partial charge on any atom is 0.242 e. The van der Waals surface area contributed by atoms with E-state index in [0.29, 0.717) is 30.3 Å². The summed E-state index contributed by atoms with van der Waals surface area (Å²) >= 11 is 0. The van der Waals surface area contributed by atoms with Crippen molar-refractivity contribution in [3.8, 4) is 11.5 Å². The number of furan rings is 1.